The molecule has 0 radical (unpaired) electrons. The standard InChI is InChI=1S/C20H16N4O2/c1-26-18-13-24(14-7-3-2-4-8-14)23-19(18)20(25)22-17-11-5-10-16-15(17)9-6-12-21-16/h2-13H,1H3,(H,22,25). The number of carbonyl (C=O) groups excluding carboxylic acids is 1. The topological polar surface area (TPSA) is 69.0 Å². The number of pyridine rings is 1. The van der Waals surface area contributed by atoms with Crippen LogP contribution in [0.5, 0.6) is 5.75 Å². The highest BCUT2D eigenvalue weighted by Gasteiger charge is 2.19. The average Bonchev–Trinajstić information content (AvgIpc) is 3.14. The van der Waals surface area contributed by atoms with Gasteiger partial charge in [-0.15, -0.1) is 0 Å². The first-order chi connectivity index (χ1) is 12.8. The molecule has 0 aliphatic carbocycles. The zero-order valence-corrected chi connectivity index (χ0v) is 14.1. The molecule has 4 aromatic rings. The molecule has 2 aromatic heterocycles. The van der Waals surface area contributed by atoms with Gasteiger partial charge in [-0.05, 0) is 36.4 Å². The van der Waals surface area contributed by atoms with Gasteiger partial charge in [0.05, 0.1) is 30.2 Å². The van der Waals surface area contributed by atoms with Crippen molar-refractivity contribution in [1.82, 2.24) is 14.8 Å². The Morgan fingerprint density at radius 2 is 1.88 bits per heavy atom. The molecule has 1 N–H and O–H groups in total. The van der Waals surface area contributed by atoms with Crippen molar-refractivity contribution in [3.8, 4) is 11.4 Å². The molecule has 0 atom stereocenters. The van der Waals surface area contributed by atoms with Crippen molar-refractivity contribution in [3.63, 3.8) is 0 Å². The summed E-state index contributed by atoms with van der Waals surface area (Å²) in [6.45, 7) is 0. The lowest BCUT2D eigenvalue weighted by atomic mass is 10.2. The number of ether oxygens (including phenoxy) is 1. The molecule has 6 nitrogen and oxygen atoms in total. The van der Waals surface area contributed by atoms with Crippen molar-refractivity contribution in [3.05, 3.63) is 78.8 Å². The van der Waals surface area contributed by atoms with Crippen molar-refractivity contribution in [2.45, 2.75) is 0 Å². The van der Waals surface area contributed by atoms with Crippen LogP contribution in [0.3, 0.4) is 0 Å². The quantitative estimate of drug-likeness (QED) is 0.613. The van der Waals surface area contributed by atoms with Crippen LogP contribution in [0.4, 0.5) is 5.69 Å². The number of para-hydroxylation sites is 1. The number of aromatic nitrogens is 3. The van der Waals surface area contributed by atoms with Gasteiger partial charge >= 0.3 is 0 Å². The number of methoxy groups -OCH3 is 1. The summed E-state index contributed by atoms with van der Waals surface area (Å²) >= 11 is 0. The lowest BCUT2D eigenvalue weighted by molar-refractivity contribution is 0.101. The van der Waals surface area contributed by atoms with Gasteiger partial charge < -0.3 is 10.1 Å². The molecule has 0 bridgehead atoms. The van der Waals surface area contributed by atoms with Crippen LogP contribution in [0.15, 0.2) is 73.1 Å². The zero-order chi connectivity index (χ0) is 17.9. The number of hydrogen-bond acceptors (Lipinski definition) is 4. The summed E-state index contributed by atoms with van der Waals surface area (Å²) in [7, 11) is 1.52. The zero-order valence-electron chi connectivity index (χ0n) is 14.1. The number of benzene rings is 2. The predicted molar refractivity (Wildman–Crippen MR) is 99.8 cm³/mol. The van der Waals surface area contributed by atoms with Crippen molar-refractivity contribution in [2.24, 2.45) is 0 Å². The second-order valence-electron chi connectivity index (χ2n) is 5.66. The Labute approximate surface area is 150 Å². The van der Waals surface area contributed by atoms with E-state index in [4.69, 9.17) is 4.74 Å². The first-order valence-corrected chi connectivity index (χ1v) is 8.10. The molecule has 2 aromatic carbocycles. The Hall–Kier alpha value is -3.67. The summed E-state index contributed by atoms with van der Waals surface area (Å²) in [6.07, 6.45) is 3.41. The Morgan fingerprint density at radius 3 is 2.69 bits per heavy atom. The average molecular weight is 344 g/mol. The van der Waals surface area contributed by atoms with Crippen LogP contribution >= 0.6 is 0 Å². The second kappa shape index (κ2) is 6.68. The number of rotatable bonds is 4. The fourth-order valence-corrected chi connectivity index (χ4v) is 2.77. The van der Waals surface area contributed by atoms with Gasteiger partial charge in [-0.2, -0.15) is 5.10 Å². The predicted octanol–water partition coefficient (Wildman–Crippen LogP) is 3.68. The van der Waals surface area contributed by atoms with Crippen molar-refractivity contribution < 1.29 is 9.53 Å². The Balaban J connectivity index is 1.69. The van der Waals surface area contributed by atoms with E-state index in [1.807, 2.05) is 60.7 Å². The van der Waals surface area contributed by atoms with Crippen molar-refractivity contribution in [1.29, 1.82) is 0 Å². The van der Waals surface area contributed by atoms with Gasteiger partial charge in [-0.25, -0.2) is 4.68 Å². The molecule has 6 heteroatoms. The molecule has 0 spiro atoms. The SMILES string of the molecule is COc1cn(-c2ccccc2)nc1C(=O)Nc1cccc2ncccc12. The van der Waals surface area contributed by atoms with Crippen molar-refractivity contribution in [2.75, 3.05) is 12.4 Å². The summed E-state index contributed by atoms with van der Waals surface area (Å²) in [5.74, 6) is 0.0672. The van der Waals surface area contributed by atoms with E-state index in [0.717, 1.165) is 16.6 Å². The highest BCUT2D eigenvalue weighted by atomic mass is 16.5. The summed E-state index contributed by atoms with van der Waals surface area (Å²) in [5.41, 5.74) is 2.56. The largest absolute Gasteiger partial charge is 0.493 e. The molecule has 0 aliphatic rings. The molecule has 128 valence electrons. The third kappa shape index (κ3) is 2.88. The van der Waals surface area contributed by atoms with E-state index >= 15 is 0 Å². The van der Waals surface area contributed by atoms with Gasteiger partial charge in [0, 0.05) is 11.6 Å². The summed E-state index contributed by atoms with van der Waals surface area (Å²) < 4.78 is 6.96. The maximum absolute atomic E-state index is 12.8. The first-order valence-electron chi connectivity index (χ1n) is 8.10. The van der Waals surface area contributed by atoms with E-state index in [0.29, 0.717) is 11.4 Å². The number of nitrogens with one attached hydrogen (secondary N) is 1. The van der Waals surface area contributed by atoms with Crippen LogP contribution in [0, 0.1) is 0 Å². The summed E-state index contributed by atoms with van der Waals surface area (Å²) in [4.78, 5) is 17.1. The summed E-state index contributed by atoms with van der Waals surface area (Å²) in [5, 5.41) is 8.16. The number of hydrogen-bond donors (Lipinski definition) is 1. The fraction of sp³-hybridized carbons (Fsp3) is 0.0500. The molecule has 4 rings (SSSR count). The minimum Gasteiger partial charge on any atom is -0.493 e. The number of nitrogens with zero attached hydrogens (tertiary/aromatic N) is 3. The van der Waals surface area contributed by atoms with Crippen LogP contribution < -0.4 is 10.1 Å². The molecular weight excluding hydrogens is 328 g/mol. The first kappa shape index (κ1) is 15.8. The third-order valence-corrected chi connectivity index (χ3v) is 4.03. The van der Waals surface area contributed by atoms with Crippen LogP contribution in [-0.2, 0) is 0 Å². The van der Waals surface area contributed by atoms with Crippen LogP contribution in [0.2, 0.25) is 0 Å². The van der Waals surface area contributed by atoms with Gasteiger partial charge in [-0.1, -0.05) is 24.3 Å². The lowest BCUT2D eigenvalue weighted by Gasteiger charge is -2.07. The Kier molecular flexibility index (Phi) is 4.07. The van der Waals surface area contributed by atoms with Gasteiger partial charge in [0.1, 0.15) is 0 Å². The maximum Gasteiger partial charge on any atom is 0.280 e. The second-order valence-corrected chi connectivity index (χ2v) is 5.66. The van der Waals surface area contributed by atoms with Crippen LogP contribution in [-0.4, -0.2) is 27.8 Å². The van der Waals surface area contributed by atoms with E-state index in [-0.39, 0.29) is 11.6 Å². The number of amides is 1. The van der Waals surface area contributed by atoms with Gasteiger partial charge in [-0.3, -0.25) is 9.78 Å². The van der Waals surface area contributed by atoms with Crippen LogP contribution in [0.25, 0.3) is 16.6 Å². The monoisotopic (exact) mass is 344 g/mol. The van der Waals surface area contributed by atoms with E-state index in [9.17, 15) is 4.79 Å². The van der Waals surface area contributed by atoms with E-state index in [1.165, 1.54) is 7.11 Å². The maximum atomic E-state index is 12.8. The van der Waals surface area contributed by atoms with Crippen LogP contribution in [0.1, 0.15) is 10.5 Å². The smallest absolute Gasteiger partial charge is 0.280 e. The fourth-order valence-electron chi connectivity index (χ4n) is 2.77. The molecule has 0 unspecified atom stereocenters. The Bertz CT molecular complexity index is 1070. The minimum atomic E-state index is -0.340. The number of fused-ring (bicyclic) bond motifs is 1. The lowest BCUT2D eigenvalue weighted by Crippen LogP contribution is -2.14. The normalized spacial score (nSPS) is 10.7. The molecular formula is C20H16N4O2. The summed E-state index contributed by atoms with van der Waals surface area (Å²) in [6, 6.07) is 18.9. The van der Waals surface area contributed by atoms with E-state index in [1.54, 1.807) is 17.1 Å². The van der Waals surface area contributed by atoms with Gasteiger partial charge in [0.2, 0.25) is 0 Å². The molecule has 1 amide bonds. The van der Waals surface area contributed by atoms with Gasteiger partial charge in [0.25, 0.3) is 5.91 Å². The van der Waals surface area contributed by atoms with Gasteiger partial charge in [0.15, 0.2) is 11.4 Å². The Morgan fingerprint density at radius 1 is 1.04 bits per heavy atom. The molecule has 2 heterocycles. The third-order valence-electron chi connectivity index (χ3n) is 4.03. The van der Waals surface area contributed by atoms with E-state index < -0.39 is 0 Å². The number of carbonyl (C=O) groups is 1. The van der Waals surface area contributed by atoms with Crippen molar-refractivity contribution >= 4 is 22.5 Å². The molecule has 0 saturated carbocycles. The molecule has 0 aliphatic heterocycles. The highest BCUT2D eigenvalue weighted by molar-refractivity contribution is 6.08. The molecule has 0 saturated heterocycles. The minimum absolute atomic E-state index is 0.220. The molecule has 0 fully saturated rings. The van der Waals surface area contributed by atoms with E-state index in [2.05, 4.69) is 15.4 Å². The highest BCUT2D eigenvalue weighted by Crippen LogP contribution is 2.24. The number of anilines is 1. The molecule has 26 heavy (non-hydrogen) atoms.